The molecule has 1 amide bonds. The van der Waals surface area contributed by atoms with Crippen molar-refractivity contribution in [3.05, 3.63) is 51.5 Å². The number of carbonyl (C=O) groups excluding carboxylic acids is 3. The van der Waals surface area contributed by atoms with Crippen LogP contribution in [0.1, 0.15) is 60.0 Å². The number of allylic oxidation sites excluding steroid dienone is 1. The summed E-state index contributed by atoms with van der Waals surface area (Å²) in [6.07, 6.45) is 3.86. The number of phenols is 1. The number of ketones is 2. The Labute approximate surface area is 213 Å². The van der Waals surface area contributed by atoms with E-state index in [-0.39, 0.29) is 29.7 Å². The number of phenolic OH excluding ortho intramolecular Hbond substituents is 1. The Hall–Kier alpha value is -3.21. The van der Waals surface area contributed by atoms with Gasteiger partial charge in [-0.1, -0.05) is 25.3 Å². The monoisotopic (exact) mass is 512 g/mol. The normalized spacial score (nSPS) is 31.2. The number of primary amides is 1. The summed E-state index contributed by atoms with van der Waals surface area (Å²) in [4.78, 5) is 40.7. The Kier molecular flexibility index (Phi) is 5.78. The predicted molar refractivity (Wildman–Crippen MR) is 131 cm³/mol. The molecule has 4 aliphatic rings. The molecule has 0 heterocycles. The smallest absolute Gasteiger partial charge is 0.255 e. The molecule has 0 aliphatic heterocycles. The summed E-state index contributed by atoms with van der Waals surface area (Å²) in [5.74, 6) is -6.85. The number of rotatable bonds is 3. The fraction of sp³-hybridized carbons (Fsp3) is 0.519. The van der Waals surface area contributed by atoms with Crippen molar-refractivity contribution in [3.8, 4) is 5.75 Å². The molecule has 1 saturated carbocycles. The number of Topliss-reactive ketones (excluding diaryl/α,β-unsaturated/α-hetero) is 2. The van der Waals surface area contributed by atoms with Gasteiger partial charge in [0.1, 0.15) is 22.8 Å². The van der Waals surface area contributed by atoms with Crippen molar-refractivity contribution in [3.63, 3.8) is 0 Å². The molecule has 4 atom stereocenters. The van der Waals surface area contributed by atoms with Crippen LogP contribution in [0.2, 0.25) is 0 Å². The van der Waals surface area contributed by atoms with Crippen LogP contribution in [0.3, 0.4) is 0 Å². The van der Waals surface area contributed by atoms with E-state index in [4.69, 9.17) is 5.73 Å². The first kappa shape index (κ1) is 25.4. The summed E-state index contributed by atoms with van der Waals surface area (Å²) < 4.78 is 0. The summed E-state index contributed by atoms with van der Waals surface area (Å²) in [7, 11) is 3.17. The number of fused-ring (bicyclic) bond motifs is 3. The van der Waals surface area contributed by atoms with E-state index in [1.807, 2.05) is 0 Å². The molecule has 4 aliphatic carbocycles. The number of nitrogens with zero attached hydrogens (tertiary/aromatic N) is 1. The molecule has 10 heteroatoms. The summed E-state index contributed by atoms with van der Waals surface area (Å²) in [6, 6.07) is 1.94. The van der Waals surface area contributed by atoms with Crippen LogP contribution in [0.15, 0.2) is 34.8 Å². The topological polar surface area (TPSA) is 182 Å². The van der Waals surface area contributed by atoms with Crippen molar-refractivity contribution in [2.24, 2.45) is 17.6 Å². The minimum atomic E-state index is -2.67. The fourth-order valence-electron chi connectivity index (χ4n) is 7.09. The van der Waals surface area contributed by atoms with Crippen LogP contribution in [0.25, 0.3) is 0 Å². The minimum absolute atomic E-state index is 0.0132. The van der Waals surface area contributed by atoms with Crippen molar-refractivity contribution in [1.29, 1.82) is 0 Å². The van der Waals surface area contributed by atoms with E-state index in [2.05, 4.69) is 0 Å². The van der Waals surface area contributed by atoms with Gasteiger partial charge >= 0.3 is 0 Å². The van der Waals surface area contributed by atoms with Gasteiger partial charge in [0, 0.05) is 11.5 Å². The lowest BCUT2D eigenvalue weighted by Crippen LogP contribution is -2.63. The van der Waals surface area contributed by atoms with E-state index in [9.17, 15) is 39.9 Å². The zero-order chi connectivity index (χ0) is 27.0. The van der Waals surface area contributed by atoms with Gasteiger partial charge in [0.05, 0.1) is 17.2 Å². The summed E-state index contributed by atoms with van der Waals surface area (Å²) in [5, 5.41) is 56.0. The van der Waals surface area contributed by atoms with Crippen molar-refractivity contribution in [1.82, 2.24) is 4.90 Å². The van der Waals surface area contributed by atoms with Gasteiger partial charge in [-0.25, -0.2) is 0 Å². The number of amides is 1. The van der Waals surface area contributed by atoms with Crippen LogP contribution in [-0.4, -0.2) is 73.6 Å². The Balaban J connectivity index is 1.71. The largest absolute Gasteiger partial charge is 0.510 e. The van der Waals surface area contributed by atoms with Crippen molar-refractivity contribution >= 4 is 17.5 Å². The quantitative estimate of drug-likeness (QED) is 0.325. The second-order valence-corrected chi connectivity index (χ2v) is 11.0. The average molecular weight is 513 g/mol. The van der Waals surface area contributed by atoms with E-state index in [0.717, 1.165) is 19.3 Å². The zero-order valence-electron chi connectivity index (χ0n) is 20.8. The van der Waals surface area contributed by atoms with Crippen LogP contribution in [0.5, 0.6) is 5.75 Å². The molecule has 1 aromatic carbocycles. The third-order valence-electron chi connectivity index (χ3n) is 8.79. The highest BCUT2D eigenvalue weighted by molar-refractivity contribution is 6.24. The Morgan fingerprint density at radius 1 is 1.05 bits per heavy atom. The Morgan fingerprint density at radius 3 is 2.30 bits per heavy atom. The van der Waals surface area contributed by atoms with E-state index in [0.29, 0.717) is 24.0 Å². The van der Waals surface area contributed by atoms with Gasteiger partial charge in [0.25, 0.3) is 5.91 Å². The maximum absolute atomic E-state index is 13.8. The first-order chi connectivity index (χ1) is 17.3. The number of nitrogens with two attached hydrogens (primary N) is 1. The highest BCUT2D eigenvalue weighted by Gasteiger charge is 2.63. The number of aliphatic hydroxyl groups is 4. The van der Waals surface area contributed by atoms with Gasteiger partial charge in [0.2, 0.25) is 5.78 Å². The SMILES string of the molecule is CN(C)[C@H]1C(O)=C(C(N)=O)C(=O)[C@]2(O)C(O)=C3C(=O)c4c(O)ccc(C5(O)CCCCC5)c4C[C@@H]3C[C@H]12. The maximum atomic E-state index is 13.8. The average Bonchev–Trinajstić information content (AvgIpc) is 2.81. The first-order valence-electron chi connectivity index (χ1n) is 12.6. The number of hydrogen-bond donors (Lipinski definition) is 6. The molecule has 0 spiro atoms. The molecule has 0 aromatic heterocycles. The zero-order valence-corrected chi connectivity index (χ0v) is 20.8. The summed E-state index contributed by atoms with van der Waals surface area (Å²) in [5.41, 5.74) is 1.47. The summed E-state index contributed by atoms with van der Waals surface area (Å²) in [6.45, 7) is 0. The fourth-order valence-corrected chi connectivity index (χ4v) is 7.09. The third-order valence-corrected chi connectivity index (χ3v) is 8.79. The van der Waals surface area contributed by atoms with Gasteiger partial charge in [-0.05, 0) is 62.9 Å². The lowest BCUT2D eigenvalue weighted by atomic mass is 9.58. The van der Waals surface area contributed by atoms with Crippen LogP contribution < -0.4 is 5.73 Å². The predicted octanol–water partition coefficient (Wildman–Crippen LogP) is 1.27. The number of carbonyl (C=O) groups is 3. The maximum Gasteiger partial charge on any atom is 0.255 e. The number of hydrogen-bond acceptors (Lipinski definition) is 9. The van der Waals surface area contributed by atoms with E-state index in [1.165, 1.54) is 11.0 Å². The number of aromatic hydroxyl groups is 1. The van der Waals surface area contributed by atoms with Crippen molar-refractivity contribution in [2.75, 3.05) is 14.1 Å². The second-order valence-electron chi connectivity index (χ2n) is 11.0. The standard InChI is InChI=1S/C27H32N2O8/c1-29(2)20-15-11-12-10-13-14(26(36)8-4-3-5-9-26)6-7-16(30)18(13)21(31)17(12)23(33)27(15,37)24(34)19(22(20)32)25(28)35/h6-7,12,15,20,30,32-33,36-37H,3-5,8-11H2,1-2H3,(H2,28,35)/t12-,15-,20-,27-/m1/s1. The van der Waals surface area contributed by atoms with E-state index >= 15 is 0 Å². The Morgan fingerprint density at radius 2 is 1.70 bits per heavy atom. The van der Waals surface area contributed by atoms with Gasteiger partial charge in [-0.3, -0.25) is 19.3 Å². The summed E-state index contributed by atoms with van der Waals surface area (Å²) >= 11 is 0. The van der Waals surface area contributed by atoms with Gasteiger partial charge in [0.15, 0.2) is 11.4 Å². The van der Waals surface area contributed by atoms with E-state index in [1.54, 1.807) is 20.2 Å². The van der Waals surface area contributed by atoms with Gasteiger partial charge in [-0.15, -0.1) is 0 Å². The molecule has 198 valence electrons. The number of aliphatic hydroxyl groups excluding tert-OH is 2. The van der Waals surface area contributed by atoms with Crippen LogP contribution in [-0.2, 0) is 21.6 Å². The molecule has 5 rings (SSSR count). The molecular formula is C27H32N2O8. The Bertz CT molecular complexity index is 1290. The highest BCUT2D eigenvalue weighted by Crippen LogP contribution is 2.53. The van der Waals surface area contributed by atoms with Crippen molar-refractivity contribution < 1.29 is 39.9 Å². The molecule has 0 saturated heterocycles. The van der Waals surface area contributed by atoms with E-state index < -0.39 is 63.6 Å². The molecule has 37 heavy (non-hydrogen) atoms. The molecule has 1 aromatic rings. The molecule has 0 unspecified atom stereocenters. The lowest BCUT2D eigenvalue weighted by Gasteiger charge is -2.50. The number of likely N-dealkylation sites (N-methyl/N-ethyl adjacent to an activating group) is 1. The van der Waals surface area contributed by atoms with Gasteiger partial charge < -0.3 is 31.3 Å². The first-order valence-corrected chi connectivity index (χ1v) is 12.6. The molecule has 0 bridgehead atoms. The third kappa shape index (κ3) is 3.39. The lowest BCUT2D eigenvalue weighted by molar-refractivity contribution is -0.148. The van der Waals surface area contributed by atoms with Gasteiger partial charge in [-0.2, -0.15) is 0 Å². The van der Waals surface area contributed by atoms with Crippen molar-refractivity contribution in [2.45, 2.75) is 62.2 Å². The van der Waals surface area contributed by atoms with Crippen LogP contribution in [0.4, 0.5) is 0 Å². The van der Waals surface area contributed by atoms with Crippen LogP contribution >= 0.6 is 0 Å². The minimum Gasteiger partial charge on any atom is -0.510 e. The molecule has 1 fully saturated rings. The molecule has 10 nitrogen and oxygen atoms in total. The molecular weight excluding hydrogens is 480 g/mol. The second kappa shape index (κ2) is 8.41. The molecule has 0 radical (unpaired) electrons. The van der Waals surface area contributed by atoms with Crippen LogP contribution in [0, 0.1) is 11.8 Å². The number of benzene rings is 1. The molecule has 7 N–H and O–H groups in total. The highest BCUT2D eigenvalue weighted by atomic mass is 16.3.